The molecule has 0 amide bonds. The summed E-state index contributed by atoms with van der Waals surface area (Å²) in [6.07, 6.45) is 11.4. The van der Waals surface area contributed by atoms with Crippen molar-refractivity contribution in [3.05, 3.63) is 177 Å². The number of rotatable bonds is 12. The van der Waals surface area contributed by atoms with Crippen LogP contribution in [-0.2, 0) is 98.3 Å². The summed E-state index contributed by atoms with van der Waals surface area (Å²) < 4.78 is 22.7. The Morgan fingerprint density at radius 3 is 1.07 bits per heavy atom. The Labute approximate surface area is 780 Å². The predicted octanol–water partition coefficient (Wildman–Crippen LogP) is 23.4. The number of nitrogen functional groups attached to an aromatic ring is 2. The number of methoxy groups -OCH3 is 3. The van der Waals surface area contributed by atoms with Gasteiger partial charge in [-0.1, -0.05) is 138 Å². The standard InChI is InChI=1S/C21H25N3O2S.C20H23N3O2S.C19H23N3O4S.C19H25N3O2S.C11H18N2S.C4H8O2.CH3.Pd/c1-12-22-14-11-13(18(25)26-6)7-8-15(14)24(12)19-23-16-17(27-19)21(4,5)10-9-20(16,2)3;1-11-21-13-10-12(17(24)25)6-7-14(13)23(11)18-22-15-16(26-18)20(4,5)9-8-19(15,2)3;1-18(2)8-9-19(3,4)15-14(18)21-17(27-15)20-12-7-6-11(16(23)26-5)10-13(12)22(24)25;1-18(2)8-9-19(3,4)15-14(18)22-17(25-15)21-13-7-6-11(10-12(13)20)16(23)24-5;1-10(2)5-6-11(3,4)8-7(10)13-9(12)14-8;1-3-6-4(2)5;;/h7-8,11H,9-10H2,1-6H3;6-7,10H,8-9H2,1-5H3,(H,24,25);6-7,10H,8-9H2,1-5H3,(H,20,21);6-7,10H,8-9,20H2,1-5H3,(H,21,22);5-6H2,1-4H3,(H2,12,13);3H2,1-2H3;1H3;/q;;;;;;-1;. The second kappa shape index (κ2) is 38.0. The fourth-order valence-corrected chi connectivity index (χ4v) is 23.0. The number of benzene rings is 4. The number of imidazole rings is 2. The molecule has 7 heterocycles. The molecule has 0 saturated heterocycles. The number of carboxylic acids is 1. The van der Waals surface area contributed by atoms with E-state index in [1.807, 2.05) is 26.0 Å². The van der Waals surface area contributed by atoms with Crippen LogP contribution in [0.15, 0.2) is 72.8 Å². The Balaban J connectivity index is 0.000000178. The van der Waals surface area contributed by atoms with Gasteiger partial charge in [-0.3, -0.25) is 24.0 Å². The SMILES string of the molecule is CC1(C)CCC(C)(C)c2sc(N)nc21.CCOC(C)=O.COC(=O)c1ccc(Nc2nc3c(s2)C(C)(C)CCC3(C)C)c(N)c1.COC(=O)c1ccc(Nc2nc3c(s2)C(C)(C)CCC3(C)C)c([N+](=O)[O-])c1.COC(=O)c1ccc2c(c1)nc(C)n2-c1nc2c(s1)C(C)(C)CCC2(C)C.Cc1nc2cc(C(=O)O)ccc2n1-c1nc2c(s1)C(C)(C)CCC2(C)C.[CH3-].[Pd]. The summed E-state index contributed by atoms with van der Waals surface area (Å²) in [5.74, 6) is -0.815. The molecule has 5 aliphatic rings. The third-order valence-electron chi connectivity index (χ3n) is 24.9. The maximum atomic E-state index is 11.8. The quantitative estimate of drug-likeness (QED) is 0.0144. The third-order valence-corrected chi connectivity index (χ3v) is 31.6. The zero-order valence-electron chi connectivity index (χ0n) is 78.6. The molecule has 0 atom stereocenters. The molecule has 7 aromatic heterocycles. The van der Waals surface area contributed by atoms with Gasteiger partial charge in [0.2, 0.25) is 0 Å². The number of carboxylic acid groups (broad SMARTS) is 1. The monoisotopic (exact) mass is 1920 g/mol. The summed E-state index contributed by atoms with van der Waals surface area (Å²) in [5, 5.41) is 31.1. The van der Waals surface area contributed by atoms with E-state index in [0.717, 1.165) is 105 Å². The summed E-state index contributed by atoms with van der Waals surface area (Å²) >= 11 is 8.40. The summed E-state index contributed by atoms with van der Waals surface area (Å²) in [7, 11) is 3.98. The van der Waals surface area contributed by atoms with Gasteiger partial charge in [-0.2, -0.15) is 0 Å². The Kier molecular flexibility index (Phi) is 30.3. The number of hydrogen-bond donors (Lipinski definition) is 5. The van der Waals surface area contributed by atoms with Crippen LogP contribution in [0.4, 0.5) is 38.1 Å². The molecule has 127 heavy (non-hydrogen) atoms. The average Bonchev–Trinajstić information content (AvgIpc) is 1.62. The van der Waals surface area contributed by atoms with E-state index in [-0.39, 0.29) is 111 Å². The van der Waals surface area contributed by atoms with E-state index in [1.54, 1.807) is 94.7 Å². The van der Waals surface area contributed by atoms with Crippen molar-refractivity contribution in [1.29, 1.82) is 0 Å². The van der Waals surface area contributed by atoms with Crippen LogP contribution >= 0.6 is 56.7 Å². The largest absolute Gasteiger partial charge is 0.478 e. The Morgan fingerprint density at radius 2 is 0.748 bits per heavy atom. The van der Waals surface area contributed by atoms with Gasteiger partial charge < -0.3 is 53.6 Å². The number of fused-ring (bicyclic) bond motifs is 7. The number of esters is 4. The van der Waals surface area contributed by atoms with Gasteiger partial charge in [-0.25, -0.2) is 54.1 Å². The molecule has 0 fully saturated rings. The Morgan fingerprint density at radius 1 is 0.441 bits per heavy atom. The van der Waals surface area contributed by atoms with Crippen LogP contribution in [0.3, 0.4) is 0 Å². The van der Waals surface area contributed by atoms with Crippen LogP contribution in [0, 0.1) is 31.4 Å². The van der Waals surface area contributed by atoms with Gasteiger partial charge >= 0.3 is 29.8 Å². The molecule has 0 aliphatic heterocycles. The number of nitrogens with one attached hydrogen (secondary N) is 2. The zero-order valence-corrected chi connectivity index (χ0v) is 84.3. The van der Waals surface area contributed by atoms with Crippen LogP contribution < -0.4 is 22.1 Å². The molecule has 0 unspecified atom stereocenters. The van der Waals surface area contributed by atoms with Crippen LogP contribution in [0.5, 0.6) is 0 Å². The first-order chi connectivity index (χ1) is 58.0. The third kappa shape index (κ3) is 21.5. The van der Waals surface area contributed by atoms with Crippen molar-refractivity contribution in [3.63, 3.8) is 0 Å². The van der Waals surface area contributed by atoms with Crippen molar-refractivity contribution in [2.75, 3.05) is 50.0 Å². The van der Waals surface area contributed by atoms with Crippen LogP contribution in [0.2, 0.25) is 0 Å². The predicted molar refractivity (Wildman–Crippen MR) is 510 cm³/mol. The number of anilines is 6. The average molecular weight is 1920 g/mol. The first kappa shape index (κ1) is 101. The maximum absolute atomic E-state index is 11.8. The number of nitro benzene ring substituents is 1. The maximum Gasteiger partial charge on any atom is 0.338 e. The van der Waals surface area contributed by atoms with Gasteiger partial charge in [0.1, 0.15) is 17.3 Å². The molecule has 4 aromatic carbocycles. The first-order valence-electron chi connectivity index (χ1n) is 42.2. The van der Waals surface area contributed by atoms with E-state index in [4.69, 9.17) is 40.9 Å². The van der Waals surface area contributed by atoms with Gasteiger partial charge in [0.15, 0.2) is 25.7 Å². The van der Waals surface area contributed by atoms with Crippen molar-refractivity contribution in [1.82, 2.24) is 44.0 Å². The van der Waals surface area contributed by atoms with Gasteiger partial charge in [-0.15, -0.1) is 56.7 Å². The minimum atomic E-state index is -0.938. The van der Waals surface area contributed by atoms with Crippen LogP contribution in [0.1, 0.15) is 322 Å². The van der Waals surface area contributed by atoms with Crippen LogP contribution in [0.25, 0.3) is 32.3 Å². The number of nitrogens with zero attached hydrogens (tertiary/aromatic N) is 10. The molecule has 11 aromatic rings. The molecule has 26 nitrogen and oxygen atoms in total. The number of nitrogens with two attached hydrogens (primary N) is 2. The summed E-state index contributed by atoms with van der Waals surface area (Å²) in [6, 6.07) is 19.9. The fourth-order valence-electron chi connectivity index (χ4n) is 16.4. The molecule has 32 heteroatoms. The van der Waals surface area contributed by atoms with Gasteiger partial charge in [0.25, 0.3) is 5.69 Å². The topological polar surface area (TPSA) is 362 Å². The molecular formula is C95H125N14O12PdS5-. The van der Waals surface area contributed by atoms with Gasteiger partial charge in [0.05, 0.1) is 117 Å². The molecule has 0 bridgehead atoms. The zero-order chi connectivity index (χ0) is 92.4. The van der Waals surface area contributed by atoms with E-state index in [2.05, 4.69) is 183 Å². The van der Waals surface area contributed by atoms with Gasteiger partial charge in [-0.05, 0) is 152 Å². The van der Waals surface area contributed by atoms with Gasteiger partial charge in [0, 0.05) is 112 Å². The fraction of sp³-hybridized carbons (Fsp3) is 0.505. The number of nitro groups is 1. The van der Waals surface area contributed by atoms with E-state index in [0.29, 0.717) is 39.8 Å². The summed E-state index contributed by atoms with van der Waals surface area (Å²) in [5.41, 5.74) is 24.9. The Bertz CT molecular complexity index is 5800. The molecular weight excluding hydrogens is 1800 g/mol. The van der Waals surface area contributed by atoms with E-state index in [9.17, 15) is 39.2 Å². The van der Waals surface area contributed by atoms with Crippen LogP contribution in [-0.4, -0.2) is 112 Å². The van der Waals surface area contributed by atoms with E-state index >= 15 is 0 Å². The second-order valence-corrected chi connectivity index (χ2v) is 44.4. The number of carbonyl (C=O) groups is 5. The summed E-state index contributed by atoms with van der Waals surface area (Å²) in [4.78, 5) is 107. The number of carbonyl (C=O) groups excluding carboxylic acids is 4. The molecule has 0 saturated carbocycles. The van der Waals surface area contributed by atoms with Crippen molar-refractivity contribution in [3.8, 4) is 10.3 Å². The Hall–Kier alpha value is -9.42. The minimum absolute atomic E-state index is 0. The molecule has 7 N–H and O–H groups in total. The molecule has 5 aliphatic carbocycles. The molecule has 0 spiro atoms. The first-order valence-corrected chi connectivity index (χ1v) is 46.3. The van der Waals surface area contributed by atoms with Crippen molar-refractivity contribution < 1.29 is 73.4 Å². The summed E-state index contributed by atoms with van der Waals surface area (Å²) in [6.45, 7) is 52.8. The number of ether oxygens (including phenoxy) is 4. The van der Waals surface area contributed by atoms with E-state index < -0.39 is 22.8 Å². The molecule has 0 radical (unpaired) electrons. The number of aromatic nitrogens is 9. The van der Waals surface area contributed by atoms with Crippen molar-refractivity contribution in [2.45, 2.75) is 285 Å². The minimum Gasteiger partial charge on any atom is -0.478 e. The number of thiazole rings is 5. The smallest absolute Gasteiger partial charge is 0.338 e. The second-order valence-electron chi connectivity index (χ2n) is 39.5. The number of aromatic carboxylic acids is 1. The number of aryl methyl sites for hydroxylation is 2. The van der Waals surface area contributed by atoms with Crippen molar-refractivity contribution in [2.24, 2.45) is 0 Å². The number of hydrogen-bond acceptors (Lipinski definition) is 27. The normalized spacial score (nSPS) is 17.5. The van der Waals surface area contributed by atoms with Crippen molar-refractivity contribution >= 4 is 147 Å². The van der Waals surface area contributed by atoms with E-state index in [1.165, 1.54) is 124 Å². The molecule has 16 rings (SSSR count). The molecule has 688 valence electrons.